The van der Waals surface area contributed by atoms with E-state index in [0.29, 0.717) is 22.8 Å². The number of methoxy groups -OCH3 is 2. The highest BCUT2D eigenvalue weighted by Crippen LogP contribution is 2.27. The van der Waals surface area contributed by atoms with Crippen LogP contribution in [-0.4, -0.2) is 37.8 Å². The number of amides is 2. The van der Waals surface area contributed by atoms with Crippen LogP contribution in [0.15, 0.2) is 23.3 Å². The van der Waals surface area contributed by atoms with E-state index < -0.39 is 0 Å². The molecule has 1 aromatic rings. The van der Waals surface area contributed by atoms with Gasteiger partial charge in [-0.3, -0.25) is 9.59 Å². The number of hydrazone groups is 1. The zero-order valence-corrected chi connectivity index (χ0v) is 14.9. The maximum atomic E-state index is 12.2. The van der Waals surface area contributed by atoms with Crippen LogP contribution in [-0.2, 0) is 4.79 Å². The van der Waals surface area contributed by atoms with E-state index in [0.717, 1.165) is 12.8 Å². The van der Waals surface area contributed by atoms with Crippen LogP contribution in [0.1, 0.15) is 49.4 Å². The molecule has 25 heavy (non-hydrogen) atoms. The molecule has 0 spiro atoms. The van der Waals surface area contributed by atoms with Crippen molar-refractivity contribution in [3.05, 3.63) is 23.8 Å². The fourth-order valence-corrected chi connectivity index (χ4v) is 2.81. The number of hydrogen-bond acceptors (Lipinski definition) is 5. The Morgan fingerprint density at radius 2 is 1.84 bits per heavy atom. The predicted molar refractivity (Wildman–Crippen MR) is 95.1 cm³/mol. The van der Waals surface area contributed by atoms with Crippen molar-refractivity contribution in [2.75, 3.05) is 14.2 Å². The molecule has 0 aromatic heterocycles. The second kappa shape index (κ2) is 9.05. The van der Waals surface area contributed by atoms with Gasteiger partial charge in [-0.25, -0.2) is 5.43 Å². The summed E-state index contributed by atoms with van der Waals surface area (Å²) in [5.74, 6) is 0.569. The first kappa shape index (κ1) is 18.8. The second-order valence-corrected chi connectivity index (χ2v) is 6.08. The van der Waals surface area contributed by atoms with E-state index in [4.69, 9.17) is 9.47 Å². The van der Waals surface area contributed by atoms with E-state index in [-0.39, 0.29) is 24.3 Å². The summed E-state index contributed by atoms with van der Waals surface area (Å²) in [6.07, 6.45) is 4.58. The molecule has 0 saturated heterocycles. The molecule has 2 N–H and O–H groups in total. The van der Waals surface area contributed by atoms with Crippen LogP contribution in [0.4, 0.5) is 0 Å². The van der Waals surface area contributed by atoms with Gasteiger partial charge in [0.2, 0.25) is 5.91 Å². The summed E-state index contributed by atoms with van der Waals surface area (Å²) in [7, 11) is 3.03. The van der Waals surface area contributed by atoms with Gasteiger partial charge in [-0.05, 0) is 38.0 Å². The lowest BCUT2D eigenvalue weighted by molar-refractivity contribution is -0.120. The first-order valence-electron chi connectivity index (χ1n) is 8.38. The normalized spacial score (nSPS) is 14.9. The van der Waals surface area contributed by atoms with Gasteiger partial charge in [0, 0.05) is 17.3 Å². The van der Waals surface area contributed by atoms with Gasteiger partial charge >= 0.3 is 0 Å². The minimum atomic E-state index is -0.378. The first-order chi connectivity index (χ1) is 12.0. The summed E-state index contributed by atoms with van der Waals surface area (Å²) in [4.78, 5) is 24.1. The van der Waals surface area contributed by atoms with Crippen LogP contribution in [0.2, 0.25) is 0 Å². The van der Waals surface area contributed by atoms with Crippen LogP contribution < -0.4 is 20.2 Å². The number of rotatable bonds is 7. The molecular formula is C18H25N3O4. The van der Waals surface area contributed by atoms with Gasteiger partial charge < -0.3 is 14.8 Å². The lowest BCUT2D eigenvalue weighted by Gasteiger charge is -2.11. The first-order valence-corrected chi connectivity index (χ1v) is 8.38. The third-order valence-corrected chi connectivity index (χ3v) is 4.13. The predicted octanol–water partition coefficient (Wildman–Crippen LogP) is 2.26. The molecule has 0 radical (unpaired) electrons. The molecule has 0 heterocycles. The lowest BCUT2D eigenvalue weighted by atomic mass is 10.2. The Balaban J connectivity index is 1.88. The third kappa shape index (κ3) is 5.48. The number of nitrogens with zero attached hydrogens (tertiary/aromatic N) is 1. The molecular weight excluding hydrogens is 322 g/mol. The largest absolute Gasteiger partial charge is 0.493 e. The molecule has 7 nitrogen and oxygen atoms in total. The van der Waals surface area contributed by atoms with Crippen molar-refractivity contribution in [3.63, 3.8) is 0 Å². The van der Waals surface area contributed by atoms with Crippen LogP contribution in [0.25, 0.3) is 0 Å². The van der Waals surface area contributed by atoms with Gasteiger partial charge in [0.25, 0.3) is 5.91 Å². The molecule has 2 rings (SSSR count). The van der Waals surface area contributed by atoms with Gasteiger partial charge in [0.15, 0.2) is 11.5 Å². The fraction of sp³-hybridized carbons (Fsp3) is 0.500. The molecule has 7 heteroatoms. The van der Waals surface area contributed by atoms with E-state index >= 15 is 0 Å². The van der Waals surface area contributed by atoms with E-state index in [2.05, 4.69) is 15.8 Å². The summed E-state index contributed by atoms with van der Waals surface area (Å²) in [5.41, 5.74) is 3.40. The Hall–Kier alpha value is -2.57. The summed E-state index contributed by atoms with van der Waals surface area (Å²) >= 11 is 0. The van der Waals surface area contributed by atoms with Crippen LogP contribution >= 0.6 is 0 Å². The smallest absolute Gasteiger partial charge is 0.271 e. The number of carbonyl (C=O) groups is 2. The van der Waals surface area contributed by atoms with Crippen LogP contribution in [0.3, 0.4) is 0 Å². The maximum Gasteiger partial charge on any atom is 0.271 e. The molecule has 1 aliphatic carbocycles. The fourth-order valence-electron chi connectivity index (χ4n) is 2.81. The monoisotopic (exact) mass is 347 g/mol. The Kier molecular flexibility index (Phi) is 6.80. The molecule has 0 atom stereocenters. The van der Waals surface area contributed by atoms with E-state index in [1.54, 1.807) is 25.1 Å². The Bertz CT molecular complexity index is 652. The van der Waals surface area contributed by atoms with Gasteiger partial charge in [0.05, 0.1) is 20.6 Å². The van der Waals surface area contributed by atoms with Crippen molar-refractivity contribution < 1.29 is 19.1 Å². The summed E-state index contributed by atoms with van der Waals surface area (Å²) in [6, 6.07) is 5.13. The van der Waals surface area contributed by atoms with E-state index in [9.17, 15) is 9.59 Å². The van der Waals surface area contributed by atoms with Crippen molar-refractivity contribution >= 4 is 17.5 Å². The highest BCUT2D eigenvalue weighted by atomic mass is 16.5. The topological polar surface area (TPSA) is 89.0 Å². The van der Waals surface area contributed by atoms with Crippen molar-refractivity contribution in [3.8, 4) is 11.5 Å². The van der Waals surface area contributed by atoms with Crippen LogP contribution in [0.5, 0.6) is 11.5 Å². The number of carbonyl (C=O) groups excluding carboxylic acids is 2. The quantitative estimate of drug-likeness (QED) is 0.585. The average Bonchev–Trinajstić information content (AvgIpc) is 3.11. The zero-order valence-electron chi connectivity index (χ0n) is 14.9. The zero-order chi connectivity index (χ0) is 18.2. The SMILES string of the molecule is COc1ccc(C(=O)NN=C(C)CC(=O)NC2CCCC2)cc1OC. The number of ether oxygens (including phenoxy) is 2. The molecule has 2 amide bonds. The molecule has 1 fully saturated rings. The minimum Gasteiger partial charge on any atom is -0.493 e. The molecule has 1 saturated carbocycles. The molecule has 0 bridgehead atoms. The van der Waals surface area contributed by atoms with Gasteiger partial charge in [-0.15, -0.1) is 0 Å². The van der Waals surface area contributed by atoms with Crippen molar-refractivity contribution in [1.82, 2.24) is 10.7 Å². The second-order valence-electron chi connectivity index (χ2n) is 6.08. The molecule has 0 unspecified atom stereocenters. The standard InChI is InChI=1S/C18H25N3O4/c1-12(10-17(22)19-14-6-4-5-7-14)20-21-18(23)13-8-9-15(24-2)16(11-13)25-3/h8-9,11,14H,4-7,10H2,1-3H3,(H,19,22)(H,21,23). The molecule has 136 valence electrons. The summed E-state index contributed by atoms with van der Waals surface area (Å²) in [6.45, 7) is 1.71. The average molecular weight is 347 g/mol. The van der Waals surface area contributed by atoms with Crippen molar-refractivity contribution in [2.24, 2.45) is 5.10 Å². The lowest BCUT2D eigenvalue weighted by Crippen LogP contribution is -2.33. The summed E-state index contributed by atoms with van der Waals surface area (Å²) < 4.78 is 10.3. The minimum absolute atomic E-state index is 0.0616. The molecule has 1 aromatic carbocycles. The number of nitrogens with one attached hydrogen (secondary N) is 2. The Labute approximate surface area is 147 Å². The van der Waals surface area contributed by atoms with Crippen LogP contribution in [0, 0.1) is 0 Å². The maximum absolute atomic E-state index is 12.2. The number of hydrogen-bond donors (Lipinski definition) is 2. The Morgan fingerprint density at radius 3 is 2.48 bits per heavy atom. The third-order valence-electron chi connectivity index (χ3n) is 4.13. The molecule has 1 aliphatic rings. The van der Waals surface area contributed by atoms with Crippen molar-refractivity contribution in [1.29, 1.82) is 0 Å². The molecule has 0 aliphatic heterocycles. The van der Waals surface area contributed by atoms with Gasteiger partial charge in [0.1, 0.15) is 0 Å². The van der Waals surface area contributed by atoms with E-state index in [1.165, 1.54) is 27.1 Å². The van der Waals surface area contributed by atoms with Gasteiger partial charge in [-0.1, -0.05) is 12.8 Å². The highest BCUT2D eigenvalue weighted by Gasteiger charge is 2.17. The Morgan fingerprint density at radius 1 is 1.16 bits per heavy atom. The number of benzene rings is 1. The van der Waals surface area contributed by atoms with Gasteiger partial charge in [-0.2, -0.15) is 5.10 Å². The van der Waals surface area contributed by atoms with E-state index in [1.807, 2.05) is 0 Å². The summed E-state index contributed by atoms with van der Waals surface area (Å²) in [5, 5.41) is 6.99. The highest BCUT2D eigenvalue weighted by molar-refractivity contribution is 6.01. The van der Waals surface area contributed by atoms with Crippen molar-refractivity contribution in [2.45, 2.75) is 45.1 Å².